The molecule has 2 unspecified atom stereocenters. The van der Waals surface area contributed by atoms with Crippen molar-refractivity contribution in [3.05, 3.63) is 89.4 Å². The Labute approximate surface area is 205 Å². The number of alkyl halides is 3. The molecule has 2 aromatic carbocycles. The molecule has 2 rings (SSSR count). The molecular weight excluding hydrogens is 537 g/mol. The molecule has 184 valence electrons. The first-order valence-electron chi connectivity index (χ1n) is 10.0. The molecule has 0 aliphatic carbocycles. The molecule has 0 radical (unpaired) electrons. The minimum atomic E-state index is -4.55. The van der Waals surface area contributed by atoms with E-state index < -0.39 is 46.2 Å². The van der Waals surface area contributed by atoms with Crippen molar-refractivity contribution in [2.75, 3.05) is 19.6 Å². The van der Waals surface area contributed by atoms with Gasteiger partial charge in [0.25, 0.3) is 0 Å². The molecular formula is C23H24BrF3N2O4S. The van der Waals surface area contributed by atoms with Crippen LogP contribution in [-0.2, 0) is 21.0 Å². The Kier molecular flexibility index (Phi) is 9.63. The van der Waals surface area contributed by atoms with Crippen molar-refractivity contribution in [1.82, 2.24) is 9.62 Å². The van der Waals surface area contributed by atoms with Crippen molar-refractivity contribution in [1.29, 1.82) is 0 Å². The van der Waals surface area contributed by atoms with Gasteiger partial charge in [0.2, 0.25) is 10.0 Å². The van der Waals surface area contributed by atoms with E-state index in [1.165, 1.54) is 36.4 Å². The van der Waals surface area contributed by atoms with Crippen molar-refractivity contribution < 1.29 is 31.5 Å². The van der Waals surface area contributed by atoms with Crippen LogP contribution in [0.1, 0.15) is 17.2 Å². The number of hydrogen-bond donors (Lipinski definition) is 2. The van der Waals surface area contributed by atoms with E-state index in [1.54, 1.807) is 12.1 Å². The van der Waals surface area contributed by atoms with Crippen molar-refractivity contribution >= 4 is 31.9 Å². The predicted molar refractivity (Wildman–Crippen MR) is 127 cm³/mol. The average Bonchev–Trinajstić information content (AvgIpc) is 2.77. The summed E-state index contributed by atoms with van der Waals surface area (Å²) < 4.78 is 67.0. The second-order valence-corrected chi connectivity index (χ2v) is 10.2. The van der Waals surface area contributed by atoms with Crippen LogP contribution in [0.15, 0.2) is 83.2 Å². The summed E-state index contributed by atoms with van der Waals surface area (Å²) in [5.74, 6) is -2.65. The number of sulfonamides is 1. The maximum atomic E-state index is 13.2. The van der Waals surface area contributed by atoms with E-state index in [1.807, 2.05) is 0 Å². The smallest absolute Gasteiger partial charge is 0.416 e. The molecule has 0 aromatic heterocycles. The van der Waals surface area contributed by atoms with E-state index in [9.17, 15) is 31.5 Å². The highest BCUT2D eigenvalue weighted by Gasteiger charge is 2.36. The lowest BCUT2D eigenvalue weighted by molar-refractivity contribution is -0.143. The van der Waals surface area contributed by atoms with Crippen LogP contribution in [0.25, 0.3) is 0 Å². The van der Waals surface area contributed by atoms with Crippen LogP contribution in [0.2, 0.25) is 0 Å². The molecule has 0 spiro atoms. The molecule has 2 N–H and O–H groups in total. The number of nitrogens with one attached hydrogen (secondary N) is 1. The van der Waals surface area contributed by atoms with Crippen LogP contribution >= 0.6 is 15.9 Å². The molecule has 11 heteroatoms. The van der Waals surface area contributed by atoms with Gasteiger partial charge in [0.15, 0.2) is 0 Å². The summed E-state index contributed by atoms with van der Waals surface area (Å²) in [4.78, 5) is 12.2. The summed E-state index contributed by atoms with van der Waals surface area (Å²) in [7, 11) is -4.09. The molecule has 2 atom stereocenters. The number of rotatable bonds is 12. The fraction of sp³-hybridized carbons (Fsp3) is 0.261. The van der Waals surface area contributed by atoms with Gasteiger partial charge >= 0.3 is 12.1 Å². The number of halogens is 4. The standard InChI is InChI=1S/C23H24BrF3N2O4S/c1-3-13-28-21(16-5-7-17(8-6-16)23(25,26)27)20(22(30)31)15-29(14-4-2)34(32,33)19-11-9-18(24)10-12-19/h3-12,20-21,28H,1-2,13-15H2,(H,30,31). The minimum Gasteiger partial charge on any atom is -0.481 e. The van der Waals surface area contributed by atoms with Gasteiger partial charge in [-0.1, -0.05) is 40.2 Å². The fourth-order valence-corrected chi connectivity index (χ4v) is 5.00. The van der Waals surface area contributed by atoms with Gasteiger partial charge in [-0.2, -0.15) is 17.5 Å². The van der Waals surface area contributed by atoms with E-state index in [2.05, 4.69) is 34.4 Å². The lowest BCUT2D eigenvalue weighted by Gasteiger charge is -2.30. The Morgan fingerprint density at radius 3 is 2.15 bits per heavy atom. The highest BCUT2D eigenvalue weighted by atomic mass is 79.9. The Bertz CT molecular complexity index is 1100. The van der Waals surface area contributed by atoms with E-state index >= 15 is 0 Å². The third-order valence-corrected chi connectivity index (χ3v) is 7.36. The zero-order chi connectivity index (χ0) is 25.5. The van der Waals surface area contributed by atoms with E-state index in [0.717, 1.165) is 16.4 Å². The van der Waals surface area contributed by atoms with Gasteiger partial charge in [0.05, 0.1) is 16.4 Å². The van der Waals surface area contributed by atoms with Gasteiger partial charge in [0, 0.05) is 30.1 Å². The van der Waals surface area contributed by atoms with Gasteiger partial charge in [-0.3, -0.25) is 4.79 Å². The van der Waals surface area contributed by atoms with Crippen LogP contribution in [0.5, 0.6) is 0 Å². The van der Waals surface area contributed by atoms with Crippen LogP contribution in [-0.4, -0.2) is 43.4 Å². The van der Waals surface area contributed by atoms with E-state index in [4.69, 9.17) is 0 Å². The predicted octanol–water partition coefficient (Wildman–Crippen LogP) is 4.86. The molecule has 6 nitrogen and oxygen atoms in total. The fourth-order valence-electron chi connectivity index (χ4n) is 3.30. The van der Waals surface area contributed by atoms with Crippen LogP contribution < -0.4 is 5.32 Å². The Morgan fingerprint density at radius 2 is 1.68 bits per heavy atom. The van der Waals surface area contributed by atoms with Crippen molar-refractivity contribution in [3.63, 3.8) is 0 Å². The maximum absolute atomic E-state index is 13.2. The SMILES string of the molecule is C=CCNC(c1ccc(C(F)(F)F)cc1)C(CN(CC=C)S(=O)(=O)c1ccc(Br)cc1)C(=O)O. The largest absolute Gasteiger partial charge is 0.481 e. The molecule has 0 amide bonds. The van der Waals surface area contributed by atoms with Gasteiger partial charge < -0.3 is 10.4 Å². The molecule has 0 aliphatic rings. The zero-order valence-electron chi connectivity index (χ0n) is 18.0. The monoisotopic (exact) mass is 560 g/mol. The van der Waals surface area contributed by atoms with Gasteiger partial charge in [-0.05, 0) is 42.0 Å². The number of carbonyl (C=O) groups is 1. The number of aliphatic carboxylic acids is 1. The topological polar surface area (TPSA) is 86.7 Å². The third-order valence-electron chi connectivity index (χ3n) is 4.98. The Hall–Kier alpha value is -2.47. The van der Waals surface area contributed by atoms with E-state index in [-0.39, 0.29) is 23.5 Å². The number of carboxylic acid groups (broad SMARTS) is 1. The van der Waals surface area contributed by atoms with Gasteiger partial charge in [-0.25, -0.2) is 8.42 Å². The number of benzene rings is 2. The van der Waals surface area contributed by atoms with Crippen molar-refractivity contribution in [2.24, 2.45) is 5.92 Å². The Morgan fingerprint density at radius 1 is 1.09 bits per heavy atom. The summed E-state index contributed by atoms with van der Waals surface area (Å²) in [6, 6.07) is 8.94. The molecule has 0 fully saturated rings. The average molecular weight is 561 g/mol. The molecule has 0 saturated heterocycles. The summed E-state index contributed by atoms with van der Waals surface area (Å²) in [5.41, 5.74) is -0.612. The third kappa shape index (κ3) is 7.02. The lowest BCUT2D eigenvalue weighted by Crippen LogP contribution is -2.43. The molecule has 0 heterocycles. The maximum Gasteiger partial charge on any atom is 0.416 e. The van der Waals surface area contributed by atoms with E-state index in [0.29, 0.717) is 4.47 Å². The summed E-state index contributed by atoms with van der Waals surface area (Å²) in [5, 5.41) is 12.9. The molecule has 0 bridgehead atoms. The first-order valence-corrected chi connectivity index (χ1v) is 12.3. The minimum absolute atomic E-state index is 0.0354. The first-order chi connectivity index (χ1) is 15.9. The summed E-state index contributed by atoms with van der Waals surface area (Å²) >= 11 is 3.24. The lowest BCUT2D eigenvalue weighted by atomic mass is 9.92. The van der Waals surface area contributed by atoms with Crippen LogP contribution in [0, 0.1) is 5.92 Å². The second-order valence-electron chi connectivity index (χ2n) is 7.30. The highest BCUT2D eigenvalue weighted by molar-refractivity contribution is 9.10. The van der Waals surface area contributed by atoms with Gasteiger partial charge in [0.1, 0.15) is 0 Å². The highest BCUT2D eigenvalue weighted by Crippen LogP contribution is 2.32. The first kappa shape index (κ1) is 27.8. The molecule has 0 aliphatic heterocycles. The normalized spacial score (nSPS) is 13.9. The quantitative estimate of drug-likeness (QED) is 0.362. The Balaban J connectivity index is 2.47. The van der Waals surface area contributed by atoms with Crippen LogP contribution in [0.4, 0.5) is 13.2 Å². The zero-order valence-corrected chi connectivity index (χ0v) is 20.4. The van der Waals surface area contributed by atoms with Gasteiger partial charge in [-0.15, -0.1) is 13.2 Å². The number of nitrogens with zero attached hydrogens (tertiary/aromatic N) is 1. The summed E-state index contributed by atoms with van der Waals surface area (Å²) in [6.07, 6.45) is -1.75. The summed E-state index contributed by atoms with van der Waals surface area (Å²) in [6.45, 7) is 6.67. The number of carboxylic acids is 1. The number of hydrogen-bond acceptors (Lipinski definition) is 4. The molecule has 2 aromatic rings. The molecule has 0 saturated carbocycles. The second kappa shape index (κ2) is 11.8. The molecule has 34 heavy (non-hydrogen) atoms. The van der Waals surface area contributed by atoms with Crippen molar-refractivity contribution in [2.45, 2.75) is 17.1 Å². The van der Waals surface area contributed by atoms with Crippen molar-refractivity contribution in [3.8, 4) is 0 Å². The van der Waals surface area contributed by atoms with Crippen LogP contribution in [0.3, 0.4) is 0 Å².